The molecule has 1 aromatic carbocycles. The Morgan fingerprint density at radius 1 is 1.44 bits per heavy atom. The fourth-order valence-corrected chi connectivity index (χ4v) is 2.09. The van der Waals surface area contributed by atoms with Crippen LogP contribution in [0.1, 0.15) is 22.2 Å². The number of benzene rings is 1. The van der Waals surface area contributed by atoms with Gasteiger partial charge in [-0.1, -0.05) is 6.07 Å². The summed E-state index contributed by atoms with van der Waals surface area (Å²) in [4.78, 5) is 16.9. The molecule has 4 nitrogen and oxygen atoms in total. The van der Waals surface area contributed by atoms with E-state index in [-0.39, 0.29) is 5.91 Å². The number of hydrogen-bond donors (Lipinski definition) is 2. The molecule has 0 aliphatic rings. The number of aromatic nitrogens is 1. The predicted molar refractivity (Wildman–Crippen MR) is 73.9 cm³/mol. The molecule has 0 aliphatic carbocycles. The van der Waals surface area contributed by atoms with Gasteiger partial charge < -0.3 is 10.6 Å². The molecule has 0 atom stereocenters. The summed E-state index contributed by atoms with van der Waals surface area (Å²) in [5.41, 5.74) is 3.42. The van der Waals surface area contributed by atoms with E-state index in [4.69, 9.17) is 0 Å². The number of anilines is 1. The summed E-state index contributed by atoms with van der Waals surface area (Å²) in [6, 6.07) is 7.48. The Labute approximate surface area is 110 Å². The zero-order chi connectivity index (χ0) is 12.8. The smallest absolute Gasteiger partial charge is 0.251 e. The molecule has 0 saturated carbocycles. The molecule has 0 unspecified atom stereocenters. The van der Waals surface area contributed by atoms with Gasteiger partial charge in [-0.2, -0.15) is 0 Å². The number of rotatable bonds is 5. The predicted octanol–water partition coefficient (Wildman–Crippen LogP) is 2.50. The van der Waals surface area contributed by atoms with Gasteiger partial charge >= 0.3 is 0 Å². The van der Waals surface area contributed by atoms with Crippen LogP contribution in [0.4, 0.5) is 5.69 Å². The van der Waals surface area contributed by atoms with E-state index in [9.17, 15) is 4.79 Å². The first-order valence-electron chi connectivity index (χ1n) is 5.79. The summed E-state index contributed by atoms with van der Waals surface area (Å²) in [6.45, 7) is 3.27. The maximum absolute atomic E-state index is 11.7. The minimum Gasteiger partial charge on any atom is -0.380 e. The van der Waals surface area contributed by atoms with Gasteiger partial charge in [0.05, 0.1) is 12.1 Å². The van der Waals surface area contributed by atoms with Crippen molar-refractivity contribution in [3.8, 4) is 0 Å². The average molecular weight is 261 g/mol. The second-order valence-electron chi connectivity index (χ2n) is 3.76. The van der Waals surface area contributed by atoms with E-state index in [0.717, 1.165) is 12.2 Å². The van der Waals surface area contributed by atoms with E-state index in [0.29, 0.717) is 12.1 Å². The van der Waals surface area contributed by atoms with Crippen molar-refractivity contribution >= 4 is 22.9 Å². The van der Waals surface area contributed by atoms with Crippen molar-refractivity contribution in [2.75, 3.05) is 11.9 Å². The summed E-state index contributed by atoms with van der Waals surface area (Å²) in [6.07, 6.45) is 1.84. The number of carbonyl (C=O) groups is 1. The molecule has 0 bridgehead atoms. The zero-order valence-electron chi connectivity index (χ0n) is 10.1. The Kier molecular flexibility index (Phi) is 4.30. The first-order valence-corrected chi connectivity index (χ1v) is 6.67. The lowest BCUT2D eigenvalue weighted by Gasteiger charge is -2.07. The van der Waals surface area contributed by atoms with Crippen LogP contribution in [-0.4, -0.2) is 17.4 Å². The van der Waals surface area contributed by atoms with Crippen LogP contribution in [0.25, 0.3) is 0 Å². The first kappa shape index (κ1) is 12.6. The Morgan fingerprint density at radius 2 is 2.33 bits per heavy atom. The first-order chi connectivity index (χ1) is 8.79. The highest BCUT2D eigenvalue weighted by Gasteiger charge is 2.04. The van der Waals surface area contributed by atoms with Gasteiger partial charge in [0, 0.05) is 28.9 Å². The van der Waals surface area contributed by atoms with E-state index >= 15 is 0 Å². The van der Waals surface area contributed by atoms with Crippen LogP contribution < -0.4 is 10.6 Å². The summed E-state index contributed by atoms with van der Waals surface area (Å²) in [7, 11) is 0. The Hall–Kier alpha value is -1.88. The van der Waals surface area contributed by atoms with Crippen molar-refractivity contribution in [2.24, 2.45) is 0 Å². The van der Waals surface area contributed by atoms with Crippen LogP contribution in [0.3, 0.4) is 0 Å². The van der Waals surface area contributed by atoms with Crippen LogP contribution in [0.15, 0.2) is 36.0 Å². The third-order valence-corrected chi connectivity index (χ3v) is 3.19. The quantitative estimate of drug-likeness (QED) is 0.869. The molecule has 5 heteroatoms. The van der Waals surface area contributed by atoms with E-state index in [1.807, 2.05) is 42.9 Å². The normalized spacial score (nSPS) is 10.1. The minimum absolute atomic E-state index is 0.0426. The summed E-state index contributed by atoms with van der Waals surface area (Å²) in [5, 5.41) is 6.06. The highest BCUT2D eigenvalue weighted by Crippen LogP contribution is 2.13. The van der Waals surface area contributed by atoms with Crippen molar-refractivity contribution < 1.29 is 4.79 Å². The number of amides is 1. The van der Waals surface area contributed by atoms with Crippen molar-refractivity contribution in [3.05, 3.63) is 46.4 Å². The summed E-state index contributed by atoms with van der Waals surface area (Å²) in [5.74, 6) is -0.0426. The number of nitrogens with zero attached hydrogens (tertiary/aromatic N) is 1. The molecule has 0 saturated heterocycles. The third kappa shape index (κ3) is 3.30. The molecule has 2 rings (SSSR count). The molecule has 94 valence electrons. The fraction of sp³-hybridized carbons (Fsp3) is 0.231. The monoisotopic (exact) mass is 261 g/mol. The lowest BCUT2D eigenvalue weighted by molar-refractivity contribution is 0.0956. The molecule has 1 aromatic heterocycles. The fourth-order valence-electron chi connectivity index (χ4n) is 1.55. The van der Waals surface area contributed by atoms with Crippen LogP contribution >= 0.6 is 11.3 Å². The molecule has 0 fully saturated rings. The maximum atomic E-state index is 11.7. The van der Waals surface area contributed by atoms with Crippen molar-refractivity contribution in [1.82, 2.24) is 10.3 Å². The van der Waals surface area contributed by atoms with E-state index < -0.39 is 0 Å². The topological polar surface area (TPSA) is 54.0 Å². The molecule has 0 spiro atoms. The molecular formula is C13H15N3OS. The second-order valence-corrected chi connectivity index (χ2v) is 4.73. The Bertz CT molecular complexity index is 511. The van der Waals surface area contributed by atoms with Crippen molar-refractivity contribution in [1.29, 1.82) is 0 Å². The summed E-state index contributed by atoms with van der Waals surface area (Å²) < 4.78 is 0. The lowest BCUT2D eigenvalue weighted by Crippen LogP contribution is -2.22. The third-order valence-electron chi connectivity index (χ3n) is 2.41. The second kappa shape index (κ2) is 6.16. The van der Waals surface area contributed by atoms with Gasteiger partial charge in [0.1, 0.15) is 0 Å². The van der Waals surface area contributed by atoms with Gasteiger partial charge in [-0.3, -0.25) is 9.78 Å². The van der Waals surface area contributed by atoms with Gasteiger partial charge in [-0.05, 0) is 25.1 Å². The van der Waals surface area contributed by atoms with Crippen LogP contribution in [-0.2, 0) is 6.54 Å². The van der Waals surface area contributed by atoms with Gasteiger partial charge in [-0.15, -0.1) is 11.3 Å². The molecule has 1 heterocycles. The SMILES string of the molecule is CCNC(=O)c1cccc(NCc2cncs2)c1. The minimum atomic E-state index is -0.0426. The van der Waals surface area contributed by atoms with E-state index in [1.165, 1.54) is 4.88 Å². The lowest BCUT2D eigenvalue weighted by atomic mass is 10.2. The number of hydrogen-bond acceptors (Lipinski definition) is 4. The van der Waals surface area contributed by atoms with Gasteiger partial charge in [-0.25, -0.2) is 0 Å². The highest BCUT2D eigenvalue weighted by atomic mass is 32.1. The van der Waals surface area contributed by atoms with E-state index in [2.05, 4.69) is 15.6 Å². The van der Waals surface area contributed by atoms with Crippen LogP contribution in [0.5, 0.6) is 0 Å². The molecule has 0 radical (unpaired) electrons. The maximum Gasteiger partial charge on any atom is 0.251 e. The Balaban J connectivity index is 2.01. The van der Waals surface area contributed by atoms with E-state index in [1.54, 1.807) is 11.3 Å². The molecular weight excluding hydrogens is 246 g/mol. The molecule has 2 aromatic rings. The highest BCUT2D eigenvalue weighted by molar-refractivity contribution is 7.09. The van der Waals surface area contributed by atoms with Crippen LogP contribution in [0, 0.1) is 0 Å². The number of nitrogens with one attached hydrogen (secondary N) is 2. The zero-order valence-corrected chi connectivity index (χ0v) is 11.0. The van der Waals surface area contributed by atoms with Crippen molar-refractivity contribution in [2.45, 2.75) is 13.5 Å². The van der Waals surface area contributed by atoms with Gasteiger partial charge in [0.25, 0.3) is 5.91 Å². The standard InChI is InChI=1S/C13H15N3OS/c1-2-15-13(17)10-4-3-5-11(6-10)16-8-12-7-14-9-18-12/h3-7,9,16H,2,8H2,1H3,(H,15,17). The largest absolute Gasteiger partial charge is 0.380 e. The average Bonchev–Trinajstić information content (AvgIpc) is 2.90. The molecule has 0 aliphatic heterocycles. The number of thiazole rings is 1. The Morgan fingerprint density at radius 3 is 3.06 bits per heavy atom. The van der Waals surface area contributed by atoms with Crippen molar-refractivity contribution in [3.63, 3.8) is 0 Å². The molecule has 18 heavy (non-hydrogen) atoms. The van der Waals surface area contributed by atoms with Crippen LogP contribution in [0.2, 0.25) is 0 Å². The molecule has 1 amide bonds. The van der Waals surface area contributed by atoms with Gasteiger partial charge in [0.2, 0.25) is 0 Å². The summed E-state index contributed by atoms with van der Waals surface area (Å²) >= 11 is 1.61. The van der Waals surface area contributed by atoms with Gasteiger partial charge in [0.15, 0.2) is 0 Å². The number of carbonyl (C=O) groups excluding carboxylic acids is 1. The molecule has 2 N–H and O–H groups in total.